The number of carbonyl (C=O) groups is 2. The van der Waals surface area contributed by atoms with Crippen molar-refractivity contribution in [2.45, 2.75) is 25.7 Å². The van der Waals surface area contributed by atoms with Crippen molar-refractivity contribution >= 4 is 11.7 Å². The minimum atomic E-state index is -0.333. The highest BCUT2D eigenvalue weighted by Crippen LogP contribution is 2.32. The van der Waals surface area contributed by atoms with Crippen molar-refractivity contribution in [2.75, 3.05) is 6.54 Å². The van der Waals surface area contributed by atoms with Crippen molar-refractivity contribution in [1.82, 2.24) is 5.32 Å². The maximum atomic E-state index is 12.9. The lowest BCUT2D eigenvalue weighted by Gasteiger charge is -2.17. The Labute approximate surface area is 140 Å². The number of Topliss-reactive ketones (excluding diaryl/α,β-unsaturated/α-hetero) is 1. The number of halogens is 1. The Hall–Kier alpha value is -2.49. The fraction of sp³-hybridized carbons (Fsp3) is 0.300. The molecule has 2 atom stereocenters. The third kappa shape index (κ3) is 3.70. The van der Waals surface area contributed by atoms with E-state index in [0.717, 1.165) is 11.1 Å². The van der Waals surface area contributed by atoms with E-state index in [0.29, 0.717) is 6.54 Å². The molecule has 0 saturated carbocycles. The highest BCUT2D eigenvalue weighted by molar-refractivity contribution is 5.90. The van der Waals surface area contributed by atoms with Crippen LogP contribution in [-0.2, 0) is 16.0 Å². The van der Waals surface area contributed by atoms with Gasteiger partial charge in [0.2, 0.25) is 5.91 Å². The zero-order valence-electron chi connectivity index (χ0n) is 13.6. The third-order valence-corrected chi connectivity index (χ3v) is 4.59. The monoisotopic (exact) mass is 325 g/mol. The summed E-state index contributed by atoms with van der Waals surface area (Å²) in [5.41, 5.74) is 3.02. The average Bonchev–Trinajstić information content (AvgIpc) is 2.91. The first kappa shape index (κ1) is 16.4. The largest absolute Gasteiger partial charge is 0.355 e. The molecule has 124 valence electrons. The van der Waals surface area contributed by atoms with Crippen LogP contribution in [-0.4, -0.2) is 18.2 Å². The summed E-state index contributed by atoms with van der Waals surface area (Å²) in [5.74, 6) is -0.689. The van der Waals surface area contributed by atoms with Gasteiger partial charge >= 0.3 is 0 Å². The zero-order chi connectivity index (χ0) is 17.1. The fourth-order valence-electron chi connectivity index (χ4n) is 3.21. The summed E-state index contributed by atoms with van der Waals surface area (Å²) in [6, 6.07) is 14.0. The molecule has 1 aliphatic rings. The van der Waals surface area contributed by atoms with Crippen molar-refractivity contribution in [3.8, 4) is 0 Å². The van der Waals surface area contributed by atoms with E-state index in [2.05, 4.69) is 5.32 Å². The van der Waals surface area contributed by atoms with Gasteiger partial charge in [-0.15, -0.1) is 0 Å². The van der Waals surface area contributed by atoms with E-state index in [1.807, 2.05) is 31.2 Å². The van der Waals surface area contributed by atoms with Gasteiger partial charge in [0, 0.05) is 25.3 Å². The van der Waals surface area contributed by atoms with Crippen molar-refractivity contribution in [3.05, 3.63) is 71.0 Å². The first-order chi connectivity index (χ1) is 11.5. The highest BCUT2D eigenvalue weighted by atomic mass is 19.1. The van der Waals surface area contributed by atoms with Gasteiger partial charge in [0.25, 0.3) is 0 Å². The Morgan fingerprint density at radius 3 is 2.46 bits per heavy atom. The molecule has 1 fully saturated rings. The molecule has 2 aromatic carbocycles. The van der Waals surface area contributed by atoms with Gasteiger partial charge < -0.3 is 5.32 Å². The second-order valence-electron chi connectivity index (χ2n) is 6.41. The summed E-state index contributed by atoms with van der Waals surface area (Å²) < 4.78 is 12.9. The van der Waals surface area contributed by atoms with Crippen LogP contribution in [0.4, 0.5) is 4.39 Å². The topological polar surface area (TPSA) is 46.2 Å². The van der Waals surface area contributed by atoms with Crippen molar-refractivity contribution in [1.29, 1.82) is 0 Å². The predicted octanol–water partition coefficient (Wildman–Crippen LogP) is 3.17. The smallest absolute Gasteiger partial charge is 0.224 e. The predicted molar refractivity (Wildman–Crippen MR) is 90.1 cm³/mol. The first-order valence-corrected chi connectivity index (χ1v) is 8.13. The van der Waals surface area contributed by atoms with Crippen LogP contribution >= 0.6 is 0 Å². The fourth-order valence-corrected chi connectivity index (χ4v) is 3.21. The highest BCUT2D eigenvalue weighted by Gasteiger charge is 2.36. The quantitative estimate of drug-likeness (QED) is 0.918. The van der Waals surface area contributed by atoms with Gasteiger partial charge in [-0.3, -0.25) is 9.59 Å². The van der Waals surface area contributed by atoms with Crippen LogP contribution in [0.2, 0.25) is 0 Å². The second-order valence-corrected chi connectivity index (χ2v) is 6.41. The summed E-state index contributed by atoms with van der Waals surface area (Å²) >= 11 is 0. The van der Waals surface area contributed by atoms with Crippen molar-refractivity contribution < 1.29 is 14.0 Å². The number of aryl methyl sites for hydroxylation is 1. The van der Waals surface area contributed by atoms with Gasteiger partial charge in [0.1, 0.15) is 11.6 Å². The van der Waals surface area contributed by atoms with Gasteiger partial charge in [-0.25, -0.2) is 4.39 Å². The molecule has 0 spiro atoms. The summed E-state index contributed by atoms with van der Waals surface area (Å²) in [6.45, 7) is 2.59. The van der Waals surface area contributed by atoms with Crippen LogP contribution in [0.3, 0.4) is 0 Å². The van der Waals surface area contributed by atoms with Gasteiger partial charge in [-0.1, -0.05) is 42.0 Å². The number of ketones is 1. The van der Waals surface area contributed by atoms with Gasteiger partial charge in [-0.2, -0.15) is 0 Å². The number of benzene rings is 2. The van der Waals surface area contributed by atoms with Crippen LogP contribution < -0.4 is 5.32 Å². The average molecular weight is 325 g/mol. The molecule has 2 aromatic rings. The van der Waals surface area contributed by atoms with Gasteiger partial charge in [0.05, 0.1) is 5.92 Å². The van der Waals surface area contributed by atoms with Gasteiger partial charge in [0.15, 0.2) is 0 Å². The number of carbonyl (C=O) groups excluding carboxylic acids is 2. The summed E-state index contributed by atoms with van der Waals surface area (Å²) in [6.07, 6.45) is 0.437. The van der Waals surface area contributed by atoms with E-state index in [1.54, 1.807) is 12.1 Å². The van der Waals surface area contributed by atoms with Crippen LogP contribution in [0, 0.1) is 18.7 Å². The Balaban J connectivity index is 1.69. The van der Waals surface area contributed by atoms with E-state index in [4.69, 9.17) is 0 Å². The molecule has 4 heteroatoms. The maximum Gasteiger partial charge on any atom is 0.224 e. The minimum absolute atomic E-state index is 0.000713. The van der Waals surface area contributed by atoms with E-state index >= 15 is 0 Å². The lowest BCUT2D eigenvalue weighted by atomic mass is 9.84. The SMILES string of the molecule is Cc1ccc([C@@H]2CNC(=O)[C@H]2CC(=O)Cc2ccc(F)cc2)cc1. The van der Waals surface area contributed by atoms with Crippen molar-refractivity contribution in [3.63, 3.8) is 0 Å². The molecular weight excluding hydrogens is 305 g/mol. The van der Waals surface area contributed by atoms with E-state index < -0.39 is 0 Å². The second kappa shape index (κ2) is 6.95. The molecule has 3 rings (SSSR count). The van der Waals surface area contributed by atoms with Crippen LogP contribution in [0.25, 0.3) is 0 Å². The number of hydrogen-bond acceptors (Lipinski definition) is 2. The van der Waals surface area contributed by atoms with Crippen molar-refractivity contribution in [2.24, 2.45) is 5.92 Å². The van der Waals surface area contributed by atoms with E-state index in [-0.39, 0.29) is 42.2 Å². The minimum Gasteiger partial charge on any atom is -0.355 e. The molecule has 0 unspecified atom stereocenters. The van der Waals surface area contributed by atoms with Crippen LogP contribution in [0.5, 0.6) is 0 Å². The first-order valence-electron chi connectivity index (χ1n) is 8.13. The lowest BCUT2D eigenvalue weighted by molar-refractivity contribution is -0.127. The molecule has 1 aliphatic heterocycles. The molecule has 0 aromatic heterocycles. The molecule has 0 bridgehead atoms. The Bertz CT molecular complexity index is 737. The number of amides is 1. The lowest BCUT2D eigenvalue weighted by Crippen LogP contribution is -2.23. The Morgan fingerprint density at radius 1 is 1.12 bits per heavy atom. The van der Waals surface area contributed by atoms with Gasteiger partial charge in [-0.05, 0) is 30.2 Å². The maximum absolute atomic E-state index is 12.9. The molecule has 24 heavy (non-hydrogen) atoms. The summed E-state index contributed by atoms with van der Waals surface area (Å²) in [5, 5.41) is 2.87. The Morgan fingerprint density at radius 2 is 1.79 bits per heavy atom. The molecule has 0 radical (unpaired) electrons. The van der Waals surface area contributed by atoms with E-state index in [9.17, 15) is 14.0 Å². The van der Waals surface area contributed by atoms with E-state index in [1.165, 1.54) is 17.7 Å². The molecule has 1 N–H and O–H groups in total. The molecule has 0 aliphatic carbocycles. The molecule has 3 nitrogen and oxygen atoms in total. The standard InChI is InChI=1S/C20H20FNO2/c1-13-2-6-15(7-3-13)19-12-22-20(24)18(19)11-17(23)10-14-4-8-16(21)9-5-14/h2-9,18-19H,10-12H2,1H3,(H,22,24)/t18-,19-/m0/s1. The number of hydrogen-bond donors (Lipinski definition) is 1. The third-order valence-electron chi connectivity index (χ3n) is 4.59. The number of nitrogens with one attached hydrogen (secondary N) is 1. The summed E-state index contributed by atoms with van der Waals surface area (Å²) in [7, 11) is 0. The normalized spacial score (nSPS) is 20.0. The zero-order valence-corrected chi connectivity index (χ0v) is 13.6. The molecule has 1 heterocycles. The molecular formula is C20H20FNO2. The van der Waals surface area contributed by atoms with Crippen LogP contribution in [0.1, 0.15) is 29.0 Å². The van der Waals surface area contributed by atoms with Crippen LogP contribution in [0.15, 0.2) is 48.5 Å². The Kier molecular flexibility index (Phi) is 4.74. The molecule has 1 saturated heterocycles. The summed E-state index contributed by atoms with van der Waals surface area (Å²) in [4.78, 5) is 24.5. The number of rotatable bonds is 5. The molecule has 1 amide bonds.